The van der Waals surface area contributed by atoms with Crippen molar-refractivity contribution < 1.29 is 17.4 Å². The zero-order chi connectivity index (χ0) is 26.1. The Balaban J connectivity index is 1.28. The number of amides is 1. The smallest absolute Gasteiger partial charge is 0.332 e. The number of rotatable bonds is 7. The average Bonchev–Trinajstić information content (AvgIpc) is 3.53. The molecule has 2 aliphatic rings. The van der Waals surface area contributed by atoms with Crippen molar-refractivity contribution in [2.24, 2.45) is 0 Å². The zero-order valence-electron chi connectivity index (χ0n) is 20.9. The van der Waals surface area contributed by atoms with Gasteiger partial charge in [0.25, 0.3) is 5.91 Å². The van der Waals surface area contributed by atoms with E-state index < -0.39 is 10.1 Å². The molecule has 7 nitrogen and oxygen atoms in total. The topological polar surface area (TPSA) is 91.5 Å². The molecule has 0 spiro atoms. The van der Waals surface area contributed by atoms with Gasteiger partial charge in [-0.1, -0.05) is 42.8 Å². The van der Waals surface area contributed by atoms with Gasteiger partial charge in [0.05, 0.1) is 11.0 Å². The summed E-state index contributed by atoms with van der Waals surface area (Å²) < 4.78 is 30.8. The van der Waals surface area contributed by atoms with Crippen LogP contribution < -0.4 is 9.50 Å². The average molecular weight is 528 g/mol. The van der Waals surface area contributed by atoms with Gasteiger partial charge in [0, 0.05) is 40.8 Å². The maximum absolute atomic E-state index is 12.8. The number of piperidine rings is 1. The van der Waals surface area contributed by atoms with Crippen molar-refractivity contribution in [2.45, 2.75) is 32.4 Å². The summed E-state index contributed by atoms with van der Waals surface area (Å²) >= 11 is 0. The summed E-state index contributed by atoms with van der Waals surface area (Å²) in [7, 11) is -4.02. The van der Waals surface area contributed by atoms with Crippen molar-refractivity contribution in [3.05, 3.63) is 94.4 Å². The van der Waals surface area contributed by atoms with E-state index in [9.17, 15) is 13.2 Å². The predicted octanol–water partition coefficient (Wildman–Crippen LogP) is 5.44. The molecule has 38 heavy (non-hydrogen) atoms. The first kappa shape index (κ1) is 24.5. The fourth-order valence-corrected chi connectivity index (χ4v) is 6.09. The van der Waals surface area contributed by atoms with Crippen LogP contribution in [0.3, 0.4) is 0 Å². The number of aromatic nitrogens is 1. The second-order valence-electron chi connectivity index (χ2n) is 9.88. The van der Waals surface area contributed by atoms with Crippen LogP contribution in [0.1, 0.15) is 46.3 Å². The molecule has 1 saturated heterocycles. The van der Waals surface area contributed by atoms with Gasteiger partial charge in [-0.2, -0.15) is 8.42 Å². The Kier molecular flexibility index (Phi) is 6.51. The maximum atomic E-state index is 12.8. The number of hydrogen-bond donors (Lipinski definition) is 2. The van der Waals surface area contributed by atoms with Crippen molar-refractivity contribution in [3.63, 3.8) is 0 Å². The zero-order valence-corrected chi connectivity index (χ0v) is 21.8. The van der Waals surface area contributed by atoms with Gasteiger partial charge in [-0.15, -0.1) is 0 Å². The third kappa shape index (κ3) is 5.10. The number of fused-ring (bicyclic) bond motifs is 2. The van der Waals surface area contributed by atoms with E-state index in [1.54, 1.807) is 24.3 Å². The van der Waals surface area contributed by atoms with Gasteiger partial charge in [0.2, 0.25) is 0 Å². The van der Waals surface area contributed by atoms with Gasteiger partial charge in [-0.05, 0) is 73.5 Å². The van der Waals surface area contributed by atoms with Crippen molar-refractivity contribution in [1.82, 2.24) is 15.2 Å². The van der Waals surface area contributed by atoms with Gasteiger partial charge in [-0.25, -0.2) is 0 Å². The number of carbonyl (C=O) groups excluding carboxylic acids is 1. The van der Waals surface area contributed by atoms with E-state index in [-0.39, 0.29) is 18.2 Å². The molecular weight excluding hydrogens is 498 g/mol. The molecule has 2 N–H and O–H groups in total. The molecule has 6 rings (SSSR count). The Labute approximate surface area is 222 Å². The highest BCUT2D eigenvalue weighted by atomic mass is 32.2. The molecule has 1 fully saturated rings. The number of nitrogens with zero attached hydrogens (tertiary/aromatic N) is 1. The first-order valence-electron chi connectivity index (χ1n) is 12.9. The van der Waals surface area contributed by atoms with Crippen molar-refractivity contribution in [2.75, 3.05) is 13.1 Å². The fourth-order valence-electron chi connectivity index (χ4n) is 5.30. The Morgan fingerprint density at radius 1 is 0.947 bits per heavy atom. The number of benzene rings is 3. The first-order valence-corrected chi connectivity index (χ1v) is 14.4. The molecule has 0 unspecified atom stereocenters. The van der Waals surface area contributed by atoms with E-state index in [0.717, 1.165) is 47.2 Å². The molecule has 0 saturated carbocycles. The van der Waals surface area contributed by atoms with Crippen LogP contribution in [0, 0.1) is 0 Å². The van der Waals surface area contributed by atoms with Crippen LogP contribution in [0.5, 0.6) is 5.75 Å². The normalized spacial score (nSPS) is 16.2. The number of likely N-dealkylation sites (tertiary alicyclic amines) is 1. The molecular formula is C30H29N3O4S. The number of carbonyl (C=O) groups is 1. The molecule has 8 heteroatoms. The molecule has 0 atom stereocenters. The van der Waals surface area contributed by atoms with Gasteiger partial charge >= 0.3 is 10.1 Å². The lowest BCUT2D eigenvalue weighted by Crippen LogP contribution is -2.28. The van der Waals surface area contributed by atoms with Crippen LogP contribution >= 0.6 is 0 Å². The Bertz CT molecular complexity index is 1640. The second-order valence-corrected chi connectivity index (χ2v) is 11.3. The predicted molar refractivity (Wildman–Crippen MR) is 149 cm³/mol. The van der Waals surface area contributed by atoms with Gasteiger partial charge in [-0.3, -0.25) is 9.69 Å². The lowest BCUT2D eigenvalue weighted by Gasteiger charge is -2.26. The number of H-pyrrole nitrogens is 1. The monoisotopic (exact) mass is 527 g/mol. The molecule has 1 amide bonds. The third-order valence-corrected chi connectivity index (χ3v) is 8.07. The minimum Gasteiger partial charge on any atom is -0.379 e. The standard InChI is InChI=1S/C30H29N3O4S/c34-30-29-24(27-18-23-17-22(9-11-26(23)32-27)20-33-14-5-2-6-15-33)10-12-28(25(29)19-31-30)37-38(35,36)16-13-21-7-3-1-4-8-21/h1,3-4,7-13,16-18,32H,2,5-6,14-15,19-20H2,(H,31,34). The van der Waals surface area contributed by atoms with Crippen LogP contribution in [0.25, 0.3) is 28.2 Å². The van der Waals surface area contributed by atoms with Crippen LogP contribution in [-0.2, 0) is 23.2 Å². The van der Waals surface area contributed by atoms with Crippen molar-refractivity contribution in [1.29, 1.82) is 0 Å². The third-order valence-electron chi connectivity index (χ3n) is 7.19. The highest BCUT2D eigenvalue weighted by Gasteiger charge is 2.29. The quantitative estimate of drug-likeness (QED) is 0.312. The molecule has 0 aliphatic carbocycles. The van der Waals surface area contributed by atoms with Crippen molar-refractivity contribution >= 4 is 33.0 Å². The highest BCUT2D eigenvalue weighted by Crippen LogP contribution is 2.37. The Hall–Kier alpha value is -3.88. The second kappa shape index (κ2) is 10.1. The van der Waals surface area contributed by atoms with Crippen LogP contribution in [-0.4, -0.2) is 37.3 Å². The van der Waals surface area contributed by atoms with Crippen LogP contribution in [0.15, 0.2) is 72.1 Å². The lowest BCUT2D eigenvalue weighted by atomic mass is 9.99. The van der Waals surface area contributed by atoms with Gasteiger partial charge in [0.15, 0.2) is 0 Å². The van der Waals surface area contributed by atoms with Crippen LogP contribution in [0.2, 0.25) is 0 Å². The summed E-state index contributed by atoms with van der Waals surface area (Å²) in [6, 6.07) is 21.0. The summed E-state index contributed by atoms with van der Waals surface area (Å²) in [6.45, 7) is 3.43. The molecule has 0 bridgehead atoms. The summed E-state index contributed by atoms with van der Waals surface area (Å²) in [4.78, 5) is 18.8. The molecule has 194 valence electrons. The molecule has 1 aromatic heterocycles. The van der Waals surface area contributed by atoms with Crippen LogP contribution in [0.4, 0.5) is 0 Å². The summed E-state index contributed by atoms with van der Waals surface area (Å²) in [5, 5.41) is 4.93. The van der Waals surface area contributed by atoms with E-state index in [2.05, 4.69) is 39.5 Å². The van der Waals surface area contributed by atoms with E-state index in [0.29, 0.717) is 16.7 Å². The highest BCUT2D eigenvalue weighted by molar-refractivity contribution is 7.90. The SMILES string of the molecule is O=C1NCc2c(OS(=O)(=O)C=Cc3ccccc3)ccc(-c3cc4cc(CN5CCCCC5)ccc4[nH]3)c21. The number of aromatic amines is 1. The van der Waals surface area contributed by atoms with Gasteiger partial charge in [0.1, 0.15) is 5.75 Å². The fraction of sp³-hybridized carbons (Fsp3) is 0.233. The maximum Gasteiger partial charge on any atom is 0.332 e. The lowest BCUT2D eigenvalue weighted by molar-refractivity contribution is 0.0966. The Morgan fingerprint density at radius 3 is 2.58 bits per heavy atom. The molecule has 4 aromatic rings. The molecule has 2 aliphatic heterocycles. The summed E-state index contributed by atoms with van der Waals surface area (Å²) in [6.07, 6.45) is 5.31. The van der Waals surface area contributed by atoms with Gasteiger partial charge < -0.3 is 14.5 Å². The minimum atomic E-state index is -4.02. The van der Waals surface area contributed by atoms with E-state index in [4.69, 9.17) is 4.18 Å². The van der Waals surface area contributed by atoms with E-state index in [1.807, 2.05) is 18.2 Å². The molecule has 0 radical (unpaired) electrons. The first-order chi connectivity index (χ1) is 18.4. The summed E-state index contributed by atoms with van der Waals surface area (Å²) in [5.74, 6) is -0.0955. The number of nitrogens with one attached hydrogen (secondary N) is 2. The minimum absolute atomic E-state index is 0.153. The van der Waals surface area contributed by atoms with Crippen molar-refractivity contribution in [3.8, 4) is 17.0 Å². The molecule has 3 aromatic carbocycles. The van der Waals surface area contributed by atoms with E-state index >= 15 is 0 Å². The molecule has 3 heterocycles. The van der Waals surface area contributed by atoms with E-state index in [1.165, 1.54) is 30.9 Å². The Morgan fingerprint density at radius 2 is 1.76 bits per heavy atom. The summed E-state index contributed by atoms with van der Waals surface area (Å²) in [5.41, 5.74) is 5.50. The number of hydrogen-bond acceptors (Lipinski definition) is 5. The largest absolute Gasteiger partial charge is 0.379 e.